The molecule has 0 radical (unpaired) electrons. The maximum Gasteiger partial charge on any atom is 0.321 e. The van der Waals surface area contributed by atoms with Gasteiger partial charge in [0.2, 0.25) is 0 Å². The second-order valence-corrected chi connectivity index (χ2v) is 6.15. The molecule has 2 rings (SSSR count). The number of amides is 2. The number of benzene rings is 1. The van der Waals surface area contributed by atoms with Crippen LogP contribution in [-0.2, 0) is 4.74 Å². The fourth-order valence-corrected chi connectivity index (χ4v) is 2.79. The second-order valence-electron chi connectivity index (χ2n) is 5.28. The van der Waals surface area contributed by atoms with Crippen LogP contribution in [0.3, 0.4) is 0 Å². The summed E-state index contributed by atoms with van der Waals surface area (Å²) in [7, 11) is 1.63. The van der Waals surface area contributed by atoms with E-state index in [0.717, 1.165) is 0 Å². The van der Waals surface area contributed by atoms with Gasteiger partial charge < -0.3 is 20.1 Å². The van der Waals surface area contributed by atoms with E-state index in [1.165, 1.54) is 4.90 Å². The average molecular weight is 333 g/mol. The first-order valence-electron chi connectivity index (χ1n) is 6.66. The van der Waals surface area contributed by atoms with Crippen molar-refractivity contribution in [2.24, 2.45) is 0 Å². The summed E-state index contributed by atoms with van der Waals surface area (Å²) >= 11 is 11.8. The number of rotatable bonds is 3. The lowest BCUT2D eigenvalue weighted by Gasteiger charge is -2.35. The van der Waals surface area contributed by atoms with Crippen molar-refractivity contribution in [3.63, 3.8) is 0 Å². The third-order valence-corrected chi connectivity index (χ3v) is 3.85. The lowest BCUT2D eigenvalue weighted by atomic mass is 9.94. The van der Waals surface area contributed by atoms with Gasteiger partial charge in [0.1, 0.15) is 0 Å². The maximum absolute atomic E-state index is 12.1. The van der Waals surface area contributed by atoms with Crippen molar-refractivity contribution in [1.82, 2.24) is 4.90 Å². The van der Waals surface area contributed by atoms with Crippen molar-refractivity contribution in [3.8, 4) is 0 Å². The van der Waals surface area contributed by atoms with Gasteiger partial charge in [-0.2, -0.15) is 0 Å². The molecule has 5 nitrogen and oxygen atoms in total. The van der Waals surface area contributed by atoms with Gasteiger partial charge in [0.25, 0.3) is 0 Å². The standard InChI is InChI=1S/C14H18Cl2N2O3/c1-18(9-14(20)2-4-21-5-3-14)13(19)17-12-7-10(15)6-11(16)8-12/h6-8,20H,2-5,9H2,1H3,(H,17,19). The number of hydrogen-bond acceptors (Lipinski definition) is 3. The molecule has 0 spiro atoms. The minimum atomic E-state index is -0.893. The number of urea groups is 1. The summed E-state index contributed by atoms with van der Waals surface area (Å²) < 4.78 is 5.22. The third-order valence-electron chi connectivity index (χ3n) is 3.42. The monoisotopic (exact) mass is 332 g/mol. The van der Waals surface area contributed by atoms with Crippen LogP contribution in [0.25, 0.3) is 0 Å². The number of ether oxygens (including phenoxy) is 1. The molecule has 1 fully saturated rings. The Hall–Kier alpha value is -1.01. The van der Waals surface area contributed by atoms with Gasteiger partial charge in [-0.15, -0.1) is 0 Å². The van der Waals surface area contributed by atoms with Crippen LogP contribution < -0.4 is 5.32 Å². The van der Waals surface area contributed by atoms with E-state index in [9.17, 15) is 9.90 Å². The first kappa shape index (κ1) is 16.4. The van der Waals surface area contributed by atoms with Gasteiger partial charge in [-0.05, 0) is 18.2 Å². The van der Waals surface area contributed by atoms with Gasteiger partial charge in [0, 0.05) is 48.8 Å². The molecule has 0 bridgehead atoms. The smallest absolute Gasteiger partial charge is 0.321 e. The molecule has 1 saturated heterocycles. The quantitative estimate of drug-likeness (QED) is 0.894. The number of aliphatic hydroxyl groups is 1. The molecule has 1 aliphatic rings. The largest absolute Gasteiger partial charge is 0.388 e. The molecule has 2 N–H and O–H groups in total. The molecule has 0 atom stereocenters. The molecule has 1 heterocycles. The number of halogens is 2. The van der Waals surface area contributed by atoms with Crippen LogP contribution in [0.1, 0.15) is 12.8 Å². The Balaban J connectivity index is 1.95. The van der Waals surface area contributed by atoms with Gasteiger partial charge in [-0.25, -0.2) is 4.79 Å². The molecule has 0 unspecified atom stereocenters. The first-order chi connectivity index (χ1) is 9.88. The van der Waals surface area contributed by atoms with Gasteiger partial charge >= 0.3 is 6.03 Å². The number of likely N-dealkylation sites (N-methyl/N-ethyl adjacent to an activating group) is 1. The minimum Gasteiger partial charge on any atom is -0.388 e. The summed E-state index contributed by atoms with van der Waals surface area (Å²) in [5.41, 5.74) is -0.376. The molecule has 0 aliphatic carbocycles. The SMILES string of the molecule is CN(CC1(O)CCOCC1)C(=O)Nc1cc(Cl)cc(Cl)c1. The average Bonchev–Trinajstić information content (AvgIpc) is 2.37. The van der Waals surface area contributed by atoms with Crippen LogP contribution in [0, 0.1) is 0 Å². The summed E-state index contributed by atoms with van der Waals surface area (Å²) in [6.07, 6.45) is 1.04. The fourth-order valence-electron chi connectivity index (χ4n) is 2.27. The van der Waals surface area contributed by atoms with E-state index in [0.29, 0.717) is 41.8 Å². The van der Waals surface area contributed by atoms with Gasteiger partial charge in [-0.3, -0.25) is 0 Å². The van der Waals surface area contributed by atoms with Crippen molar-refractivity contribution < 1.29 is 14.6 Å². The van der Waals surface area contributed by atoms with Gasteiger partial charge in [0.05, 0.1) is 12.1 Å². The van der Waals surface area contributed by atoms with Crippen molar-refractivity contribution in [2.45, 2.75) is 18.4 Å². The summed E-state index contributed by atoms with van der Waals surface area (Å²) in [5.74, 6) is 0. The molecule has 0 saturated carbocycles. The molecule has 1 aromatic carbocycles. The highest BCUT2D eigenvalue weighted by molar-refractivity contribution is 6.35. The number of carbonyl (C=O) groups excluding carboxylic acids is 1. The van der Waals surface area contributed by atoms with E-state index in [4.69, 9.17) is 27.9 Å². The van der Waals surface area contributed by atoms with Crippen LogP contribution in [0.15, 0.2) is 18.2 Å². The molecule has 2 amide bonds. The summed E-state index contributed by atoms with van der Waals surface area (Å²) in [6.45, 7) is 1.27. The zero-order chi connectivity index (χ0) is 15.5. The lowest BCUT2D eigenvalue weighted by molar-refractivity contribution is -0.0717. The van der Waals surface area contributed by atoms with Gasteiger partial charge in [-0.1, -0.05) is 23.2 Å². The Morgan fingerprint density at radius 3 is 2.48 bits per heavy atom. The Kier molecular flexibility index (Phi) is 5.32. The fraction of sp³-hybridized carbons (Fsp3) is 0.500. The van der Waals surface area contributed by atoms with Crippen LogP contribution in [0.2, 0.25) is 10.0 Å². The lowest BCUT2D eigenvalue weighted by Crippen LogP contribution is -2.48. The number of nitrogens with one attached hydrogen (secondary N) is 1. The predicted molar refractivity (Wildman–Crippen MR) is 83.1 cm³/mol. The highest BCUT2D eigenvalue weighted by Gasteiger charge is 2.32. The second kappa shape index (κ2) is 6.83. The highest BCUT2D eigenvalue weighted by Crippen LogP contribution is 2.24. The number of nitrogens with zero attached hydrogens (tertiary/aromatic N) is 1. The van der Waals surface area contributed by atoms with Crippen LogP contribution in [-0.4, -0.2) is 48.4 Å². The molecule has 1 aromatic rings. The zero-order valence-corrected chi connectivity index (χ0v) is 13.2. The van der Waals surface area contributed by atoms with Gasteiger partial charge in [0.15, 0.2) is 0 Å². The van der Waals surface area contributed by atoms with Crippen LogP contribution in [0.5, 0.6) is 0 Å². The van der Waals surface area contributed by atoms with E-state index in [-0.39, 0.29) is 12.6 Å². The molecule has 1 aliphatic heterocycles. The minimum absolute atomic E-state index is 0.247. The zero-order valence-electron chi connectivity index (χ0n) is 11.7. The third kappa shape index (κ3) is 4.74. The molecule has 7 heteroatoms. The Morgan fingerprint density at radius 2 is 1.90 bits per heavy atom. The summed E-state index contributed by atoms with van der Waals surface area (Å²) in [6, 6.07) is 4.49. The topological polar surface area (TPSA) is 61.8 Å². The first-order valence-corrected chi connectivity index (χ1v) is 7.42. The molecular formula is C14H18Cl2N2O3. The molecular weight excluding hydrogens is 315 g/mol. The van der Waals surface area contributed by atoms with Crippen molar-refractivity contribution in [2.75, 3.05) is 32.1 Å². The normalized spacial score (nSPS) is 17.3. The molecule has 21 heavy (non-hydrogen) atoms. The molecule has 116 valence electrons. The Bertz CT molecular complexity index is 499. The van der Waals surface area contributed by atoms with E-state index in [2.05, 4.69) is 5.32 Å². The maximum atomic E-state index is 12.1. The Morgan fingerprint density at radius 1 is 1.33 bits per heavy atom. The summed E-state index contributed by atoms with van der Waals surface area (Å²) in [4.78, 5) is 13.6. The highest BCUT2D eigenvalue weighted by atomic mass is 35.5. The van der Waals surface area contributed by atoms with Crippen LogP contribution >= 0.6 is 23.2 Å². The van der Waals surface area contributed by atoms with E-state index < -0.39 is 5.60 Å². The van der Waals surface area contributed by atoms with Crippen molar-refractivity contribution >= 4 is 34.9 Å². The predicted octanol–water partition coefficient (Wildman–Crippen LogP) is 3.00. The number of carbonyl (C=O) groups is 1. The van der Waals surface area contributed by atoms with E-state index >= 15 is 0 Å². The van der Waals surface area contributed by atoms with E-state index in [1.807, 2.05) is 0 Å². The van der Waals surface area contributed by atoms with Crippen molar-refractivity contribution in [1.29, 1.82) is 0 Å². The Labute approximate surface area is 133 Å². The summed E-state index contributed by atoms with van der Waals surface area (Å²) in [5, 5.41) is 14.0. The number of hydrogen-bond donors (Lipinski definition) is 2. The number of anilines is 1. The van der Waals surface area contributed by atoms with Crippen LogP contribution in [0.4, 0.5) is 10.5 Å². The molecule has 0 aromatic heterocycles. The van der Waals surface area contributed by atoms with Crippen molar-refractivity contribution in [3.05, 3.63) is 28.2 Å². The van der Waals surface area contributed by atoms with E-state index in [1.54, 1.807) is 25.2 Å².